The minimum absolute atomic E-state index is 0.561. The molecule has 18 heavy (non-hydrogen) atoms. The van der Waals surface area contributed by atoms with Crippen LogP contribution < -0.4 is 10.5 Å². The quantitative estimate of drug-likeness (QED) is 0.871. The van der Waals surface area contributed by atoms with Gasteiger partial charge in [0.05, 0.1) is 12.2 Å². The molecule has 1 fully saturated rings. The molecule has 1 saturated carbocycles. The Morgan fingerprint density at radius 1 is 1.28 bits per heavy atom. The molecular weight excluding hydrogens is 226 g/mol. The van der Waals surface area contributed by atoms with Gasteiger partial charge in [-0.3, -0.25) is 0 Å². The van der Waals surface area contributed by atoms with Crippen molar-refractivity contribution in [1.82, 2.24) is 9.97 Å². The van der Waals surface area contributed by atoms with Crippen molar-refractivity contribution >= 4 is 5.82 Å². The second-order valence-corrected chi connectivity index (χ2v) is 5.11. The highest BCUT2D eigenvalue weighted by Gasteiger charge is 2.16. The summed E-state index contributed by atoms with van der Waals surface area (Å²) in [5, 5.41) is 0. The van der Waals surface area contributed by atoms with E-state index in [9.17, 15) is 0 Å². The first kappa shape index (κ1) is 13.1. The van der Waals surface area contributed by atoms with Gasteiger partial charge in [0.2, 0.25) is 5.88 Å². The summed E-state index contributed by atoms with van der Waals surface area (Å²) >= 11 is 0. The first-order valence-electron chi connectivity index (χ1n) is 7.03. The minimum atomic E-state index is 0.561. The van der Waals surface area contributed by atoms with Gasteiger partial charge in [-0.1, -0.05) is 32.6 Å². The molecule has 0 amide bonds. The van der Waals surface area contributed by atoms with E-state index in [1.165, 1.54) is 38.4 Å². The van der Waals surface area contributed by atoms with Crippen molar-refractivity contribution in [3.8, 4) is 5.88 Å². The Morgan fingerprint density at radius 3 is 2.78 bits per heavy atom. The van der Waals surface area contributed by atoms with Gasteiger partial charge in [-0.2, -0.15) is 0 Å². The van der Waals surface area contributed by atoms with Crippen molar-refractivity contribution in [3.63, 3.8) is 0 Å². The molecule has 0 radical (unpaired) electrons. The van der Waals surface area contributed by atoms with Crippen molar-refractivity contribution in [3.05, 3.63) is 11.9 Å². The lowest BCUT2D eigenvalue weighted by Crippen LogP contribution is -2.17. The Kier molecular flexibility index (Phi) is 4.79. The molecule has 2 rings (SSSR count). The average Bonchev–Trinajstić information content (AvgIpc) is 2.41. The summed E-state index contributed by atoms with van der Waals surface area (Å²) in [4.78, 5) is 8.27. The van der Waals surface area contributed by atoms with Crippen LogP contribution in [-0.2, 0) is 6.42 Å². The Balaban J connectivity index is 1.97. The highest BCUT2D eigenvalue weighted by molar-refractivity contribution is 5.44. The third-order valence-corrected chi connectivity index (χ3v) is 3.62. The summed E-state index contributed by atoms with van der Waals surface area (Å²) in [7, 11) is 0. The predicted molar refractivity (Wildman–Crippen MR) is 72.5 cm³/mol. The van der Waals surface area contributed by atoms with Crippen molar-refractivity contribution in [2.24, 2.45) is 5.92 Å². The van der Waals surface area contributed by atoms with Gasteiger partial charge in [-0.15, -0.1) is 0 Å². The fourth-order valence-electron chi connectivity index (χ4n) is 2.57. The second kappa shape index (κ2) is 6.57. The van der Waals surface area contributed by atoms with Gasteiger partial charge in [0.25, 0.3) is 0 Å². The summed E-state index contributed by atoms with van der Waals surface area (Å²) in [6.45, 7) is 2.89. The van der Waals surface area contributed by atoms with Crippen LogP contribution in [0.25, 0.3) is 0 Å². The van der Waals surface area contributed by atoms with E-state index in [4.69, 9.17) is 10.5 Å². The van der Waals surface area contributed by atoms with Crippen LogP contribution in [-0.4, -0.2) is 16.6 Å². The average molecular weight is 249 g/mol. The molecule has 0 atom stereocenters. The number of rotatable bonds is 5. The molecule has 0 saturated heterocycles. The maximum atomic E-state index is 5.89. The molecule has 0 aromatic carbocycles. The molecular formula is C14H23N3O. The number of aromatic nitrogens is 2. The number of hydrogen-bond donors (Lipinski definition) is 1. The van der Waals surface area contributed by atoms with E-state index in [1.54, 1.807) is 0 Å². The molecule has 100 valence electrons. The van der Waals surface area contributed by atoms with Gasteiger partial charge in [-0.25, -0.2) is 9.97 Å². The third kappa shape index (κ3) is 3.34. The van der Waals surface area contributed by atoms with E-state index >= 15 is 0 Å². The Morgan fingerprint density at radius 2 is 2.06 bits per heavy atom. The van der Waals surface area contributed by atoms with Gasteiger partial charge < -0.3 is 10.5 Å². The third-order valence-electron chi connectivity index (χ3n) is 3.62. The Hall–Kier alpha value is -1.32. The zero-order valence-electron chi connectivity index (χ0n) is 11.2. The molecule has 0 unspecified atom stereocenters. The van der Waals surface area contributed by atoms with Crippen LogP contribution in [0.1, 0.15) is 51.0 Å². The molecule has 1 aromatic rings. The van der Waals surface area contributed by atoms with Crippen LogP contribution in [0.3, 0.4) is 0 Å². The van der Waals surface area contributed by atoms with E-state index < -0.39 is 0 Å². The van der Waals surface area contributed by atoms with Gasteiger partial charge in [0.15, 0.2) is 0 Å². The monoisotopic (exact) mass is 249 g/mol. The summed E-state index contributed by atoms with van der Waals surface area (Å²) in [6, 6.07) is 0. The molecule has 1 heterocycles. The summed E-state index contributed by atoms with van der Waals surface area (Å²) in [6.07, 6.45) is 10.0. The van der Waals surface area contributed by atoms with E-state index in [2.05, 4.69) is 16.9 Å². The number of hydrogen-bond acceptors (Lipinski definition) is 4. The van der Waals surface area contributed by atoms with E-state index in [0.29, 0.717) is 17.6 Å². The molecule has 4 nitrogen and oxygen atoms in total. The fraction of sp³-hybridized carbons (Fsp3) is 0.714. The van der Waals surface area contributed by atoms with E-state index in [0.717, 1.165) is 25.0 Å². The maximum absolute atomic E-state index is 5.89. The summed E-state index contributed by atoms with van der Waals surface area (Å²) < 4.78 is 5.88. The number of anilines is 1. The van der Waals surface area contributed by atoms with Crippen LogP contribution >= 0.6 is 0 Å². The van der Waals surface area contributed by atoms with Crippen molar-refractivity contribution in [1.29, 1.82) is 0 Å². The lowest BCUT2D eigenvalue weighted by molar-refractivity contribution is 0.201. The standard InChI is InChI=1S/C14H23N3O/c1-2-6-12-13(15)16-10-17-14(12)18-9-11-7-4-3-5-8-11/h10-11H,2-9H2,1H3,(H2,15,16,17). The van der Waals surface area contributed by atoms with Gasteiger partial charge in [0.1, 0.15) is 12.1 Å². The normalized spacial score (nSPS) is 16.7. The van der Waals surface area contributed by atoms with Crippen LogP contribution in [0.5, 0.6) is 5.88 Å². The zero-order valence-corrected chi connectivity index (χ0v) is 11.2. The van der Waals surface area contributed by atoms with Crippen LogP contribution in [0.4, 0.5) is 5.82 Å². The number of nitrogens with zero attached hydrogens (tertiary/aromatic N) is 2. The van der Waals surface area contributed by atoms with Crippen molar-refractivity contribution in [2.45, 2.75) is 51.9 Å². The van der Waals surface area contributed by atoms with Crippen LogP contribution in [0.15, 0.2) is 6.33 Å². The fourth-order valence-corrected chi connectivity index (χ4v) is 2.57. The summed E-state index contributed by atoms with van der Waals surface area (Å²) in [5.41, 5.74) is 6.85. The van der Waals surface area contributed by atoms with Gasteiger partial charge in [0, 0.05) is 0 Å². The smallest absolute Gasteiger partial charge is 0.221 e. The Bertz CT molecular complexity index is 375. The van der Waals surface area contributed by atoms with Crippen molar-refractivity contribution in [2.75, 3.05) is 12.3 Å². The molecule has 0 spiro atoms. The molecule has 2 N–H and O–H groups in total. The number of nitrogens with two attached hydrogens (primary N) is 1. The first-order valence-corrected chi connectivity index (χ1v) is 7.03. The van der Waals surface area contributed by atoms with Gasteiger partial charge in [-0.05, 0) is 25.2 Å². The molecule has 1 aromatic heterocycles. The van der Waals surface area contributed by atoms with Gasteiger partial charge >= 0.3 is 0 Å². The van der Waals surface area contributed by atoms with Crippen molar-refractivity contribution < 1.29 is 4.74 Å². The summed E-state index contributed by atoms with van der Waals surface area (Å²) in [5.74, 6) is 1.94. The molecule has 4 heteroatoms. The number of ether oxygens (including phenoxy) is 1. The number of nitrogen functional groups attached to an aromatic ring is 1. The first-order chi connectivity index (χ1) is 8.81. The predicted octanol–water partition coefficient (Wildman–Crippen LogP) is 2.97. The SMILES string of the molecule is CCCc1c(N)ncnc1OCC1CCCCC1. The zero-order chi connectivity index (χ0) is 12.8. The topological polar surface area (TPSA) is 61.0 Å². The lowest BCUT2D eigenvalue weighted by atomic mass is 9.90. The minimum Gasteiger partial charge on any atom is -0.477 e. The molecule has 1 aliphatic rings. The largest absolute Gasteiger partial charge is 0.477 e. The molecule has 0 bridgehead atoms. The highest BCUT2D eigenvalue weighted by atomic mass is 16.5. The van der Waals surface area contributed by atoms with Crippen LogP contribution in [0, 0.1) is 5.92 Å². The van der Waals surface area contributed by atoms with Crippen LogP contribution in [0.2, 0.25) is 0 Å². The lowest BCUT2D eigenvalue weighted by Gasteiger charge is -2.22. The second-order valence-electron chi connectivity index (χ2n) is 5.11. The Labute approximate surface area is 109 Å². The highest BCUT2D eigenvalue weighted by Crippen LogP contribution is 2.26. The molecule has 0 aliphatic heterocycles. The molecule has 1 aliphatic carbocycles. The van der Waals surface area contributed by atoms with E-state index in [-0.39, 0.29) is 0 Å². The van der Waals surface area contributed by atoms with E-state index in [1.807, 2.05) is 0 Å². The maximum Gasteiger partial charge on any atom is 0.221 e.